The molecule has 2 atom stereocenters. The quantitative estimate of drug-likeness (QED) is 0.796. The molecule has 0 N–H and O–H groups in total. The average Bonchev–Trinajstić information content (AvgIpc) is 3.14. The second-order valence-corrected chi connectivity index (χ2v) is 8.31. The Morgan fingerprint density at radius 2 is 2.18 bits per heavy atom. The third-order valence-electron chi connectivity index (χ3n) is 4.46. The van der Waals surface area contributed by atoms with Crippen LogP contribution in [0.1, 0.15) is 31.4 Å². The van der Waals surface area contributed by atoms with Crippen LogP contribution in [0.15, 0.2) is 35.0 Å². The maximum Gasteiger partial charge on any atom is 0.226 e. The van der Waals surface area contributed by atoms with E-state index in [1.807, 2.05) is 12.1 Å². The Labute approximate surface area is 130 Å². The lowest BCUT2D eigenvalue weighted by atomic mass is 9.92. The van der Waals surface area contributed by atoms with Crippen LogP contribution < -0.4 is 0 Å². The van der Waals surface area contributed by atoms with Gasteiger partial charge >= 0.3 is 0 Å². The van der Waals surface area contributed by atoms with E-state index < -0.39 is 9.84 Å². The molecule has 1 amide bonds. The van der Waals surface area contributed by atoms with Crippen LogP contribution in [0.2, 0.25) is 0 Å². The van der Waals surface area contributed by atoms with Gasteiger partial charge in [0, 0.05) is 12.0 Å². The van der Waals surface area contributed by atoms with Gasteiger partial charge in [0.2, 0.25) is 5.91 Å². The number of hydrogen-bond acceptors (Lipinski definition) is 4. The number of furan rings is 1. The van der Waals surface area contributed by atoms with Crippen LogP contribution in [-0.4, -0.2) is 36.8 Å². The van der Waals surface area contributed by atoms with Crippen LogP contribution in [0, 0.1) is 5.92 Å². The molecule has 5 nitrogen and oxygen atoms in total. The summed E-state index contributed by atoms with van der Waals surface area (Å²) >= 11 is 0. The lowest BCUT2D eigenvalue weighted by Gasteiger charge is -2.31. The summed E-state index contributed by atoms with van der Waals surface area (Å²) < 4.78 is 28.9. The Balaban J connectivity index is 1.79. The van der Waals surface area contributed by atoms with Crippen molar-refractivity contribution in [3.05, 3.63) is 36.3 Å². The van der Waals surface area contributed by atoms with Crippen molar-refractivity contribution in [1.82, 2.24) is 4.90 Å². The van der Waals surface area contributed by atoms with Crippen molar-refractivity contribution in [2.75, 3.05) is 11.5 Å². The lowest BCUT2D eigenvalue weighted by Crippen LogP contribution is -2.44. The van der Waals surface area contributed by atoms with Gasteiger partial charge in [0.15, 0.2) is 9.84 Å². The maximum atomic E-state index is 12.9. The predicted molar refractivity (Wildman–Crippen MR) is 82.8 cm³/mol. The number of nitrogens with zero attached hydrogens (tertiary/aromatic N) is 1. The van der Waals surface area contributed by atoms with Crippen LogP contribution in [0.3, 0.4) is 0 Å². The molecule has 22 heavy (non-hydrogen) atoms. The molecule has 6 heteroatoms. The van der Waals surface area contributed by atoms with E-state index >= 15 is 0 Å². The first-order valence-electron chi connectivity index (χ1n) is 7.73. The summed E-state index contributed by atoms with van der Waals surface area (Å²) in [5.41, 5.74) is 0. The number of hydrogen-bond donors (Lipinski definition) is 0. The van der Waals surface area contributed by atoms with E-state index in [1.165, 1.54) is 0 Å². The molecule has 1 fully saturated rings. The number of carbonyl (C=O) groups is 1. The van der Waals surface area contributed by atoms with Gasteiger partial charge in [-0.25, -0.2) is 8.42 Å². The molecule has 0 aromatic carbocycles. The monoisotopic (exact) mass is 323 g/mol. The minimum atomic E-state index is -3.02. The molecular weight excluding hydrogens is 302 g/mol. The van der Waals surface area contributed by atoms with Crippen LogP contribution in [0.4, 0.5) is 0 Å². The summed E-state index contributed by atoms with van der Waals surface area (Å²) in [5, 5.41) is 0. The van der Waals surface area contributed by atoms with Crippen molar-refractivity contribution in [3.63, 3.8) is 0 Å². The first-order chi connectivity index (χ1) is 10.6. The van der Waals surface area contributed by atoms with E-state index in [-0.39, 0.29) is 29.4 Å². The summed E-state index contributed by atoms with van der Waals surface area (Å²) in [6.45, 7) is 0.353. The van der Waals surface area contributed by atoms with Crippen LogP contribution in [0.25, 0.3) is 0 Å². The Morgan fingerprint density at radius 1 is 1.32 bits per heavy atom. The molecule has 1 aliphatic heterocycles. The van der Waals surface area contributed by atoms with Gasteiger partial charge in [0.25, 0.3) is 0 Å². The zero-order chi connectivity index (χ0) is 15.6. The summed E-state index contributed by atoms with van der Waals surface area (Å²) in [6.07, 6.45) is 8.73. The van der Waals surface area contributed by atoms with E-state index in [0.29, 0.717) is 18.7 Å². The molecule has 120 valence electrons. The fourth-order valence-corrected chi connectivity index (χ4v) is 4.96. The number of amides is 1. The van der Waals surface area contributed by atoms with Crippen molar-refractivity contribution >= 4 is 15.7 Å². The van der Waals surface area contributed by atoms with Gasteiger partial charge in [-0.15, -0.1) is 0 Å². The molecule has 0 unspecified atom stereocenters. The fourth-order valence-electron chi connectivity index (χ4n) is 3.23. The molecule has 0 bridgehead atoms. The van der Waals surface area contributed by atoms with Gasteiger partial charge < -0.3 is 9.32 Å². The molecule has 2 heterocycles. The molecule has 2 aliphatic rings. The van der Waals surface area contributed by atoms with Crippen LogP contribution in [0.5, 0.6) is 0 Å². The first-order valence-corrected chi connectivity index (χ1v) is 9.55. The molecule has 1 aromatic heterocycles. The first kappa shape index (κ1) is 15.3. The highest BCUT2D eigenvalue weighted by Gasteiger charge is 2.37. The van der Waals surface area contributed by atoms with E-state index in [4.69, 9.17) is 4.42 Å². The Morgan fingerprint density at radius 3 is 2.77 bits per heavy atom. The summed E-state index contributed by atoms with van der Waals surface area (Å²) in [7, 11) is -3.02. The lowest BCUT2D eigenvalue weighted by molar-refractivity contribution is -0.138. The van der Waals surface area contributed by atoms with Crippen molar-refractivity contribution in [3.8, 4) is 0 Å². The molecule has 0 spiro atoms. The van der Waals surface area contributed by atoms with Gasteiger partial charge in [0.05, 0.1) is 24.3 Å². The minimum Gasteiger partial charge on any atom is -0.467 e. The summed E-state index contributed by atoms with van der Waals surface area (Å²) in [6, 6.07) is 3.38. The third kappa shape index (κ3) is 3.43. The molecule has 0 radical (unpaired) electrons. The number of allylic oxidation sites excluding steroid dienone is 2. The SMILES string of the molecule is O=C([C@H]1CC=CCC1)N(Cc1ccco1)[C@@H]1CCS(=O)(=O)C1. The highest BCUT2D eigenvalue weighted by Crippen LogP contribution is 2.26. The zero-order valence-electron chi connectivity index (χ0n) is 12.5. The smallest absolute Gasteiger partial charge is 0.226 e. The second-order valence-electron chi connectivity index (χ2n) is 6.08. The van der Waals surface area contributed by atoms with E-state index in [1.54, 1.807) is 17.2 Å². The van der Waals surface area contributed by atoms with Crippen LogP contribution >= 0.6 is 0 Å². The number of carbonyl (C=O) groups excluding carboxylic acids is 1. The highest BCUT2D eigenvalue weighted by atomic mass is 32.2. The standard InChI is InChI=1S/C16H21NO4S/c18-16(13-5-2-1-3-6-13)17(11-15-7-4-9-21-15)14-8-10-22(19,20)12-14/h1-2,4,7,9,13-14H,3,5-6,8,10-12H2/t13-,14+/m0/s1. The van der Waals surface area contributed by atoms with Gasteiger partial charge in [-0.2, -0.15) is 0 Å². The Kier molecular flexibility index (Phi) is 4.38. The molecule has 0 saturated carbocycles. The normalized spacial score (nSPS) is 26.9. The Hall–Kier alpha value is -1.56. The summed E-state index contributed by atoms with van der Waals surface area (Å²) in [4.78, 5) is 14.6. The van der Waals surface area contributed by atoms with Crippen LogP contribution in [-0.2, 0) is 21.2 Å². The van der Waals surface area contributed by atoms with Crippen molar-refractivity contribution in [2.24, 2.45) is 5.92 Å². The second kappa shape index (κ2) is 6.28. The fraction of sp³-hybridized carbons (Fsp3) is 0.562. The molecule has 1 aliphatic carbocycles. The zero-order valence-corrected chi connectivity index (χ0v) is 13.3. The van der Waals surface area contributed by atoms with Gasteiger partial charge in [0.1, 0.15) is 5.76 Å². The largest absolute Gasteiger partial charge is 0.467 e. The van der Waals surface area contributed by atoms with Gasteiger partial charge in [-0.3, -0.25) is 4.79 Å². The Bertz CT molecular complexity index is 648. The average molecular weight is 323 g/mol. The number of rotatable bonds is 4. The molecular formula is C16H21NO4S. The predicted octanol–water partition coefficient (Wildman–Crippen LogP) is 2.15. The van der Waals surface area contributed by atoms with E-state index in [0.717, 1.165) is 19.3 Å². The molecule has 3 rings (SSSR count). The molecule has 1 saturated heterocycles. The highest BCUT2D eigenvalue weighted by molar-refractivity contribution is 7.91. The topological polar surface area (TPSA) is 67.6 Å². The van der Waals surface area contributed by atoms with Crippen molar-refractivity contribution in [1.29, 1.82) is 0 Å². The van der Waals surface area contributed by atoms with E-state index in [2.05, 4.69) is 6.08 Å². The third-order valence-corrected chi connectivity index (χ3v) is 6.21. The summed E-state index contributed by atoms with van der Waals surface area (Å²) in [5.74, 6) is 0.960. The van der Waals surface area contributed by atoms with Gasteiger partial charge in [-0.1, -0.05) is 12.2 Å². The maximum absolute atomic E-state index is 12.9. The molecule has 1 aromatic rings. The van der Waals surface area contributed by atoms with E-state index in [9.17, 15) is 13.2 Å². The number of sulfone groups is 1. The minimum absolute atomic E-state index is 0.0386. The van der Waals surface area contributed by atoms with Crippen molar-refractivity contribution < 1.29 is 17.6 Å². The van der Waals surface area contributed by atoms with Gasteiger partial charge in [-0.05, 0) is 37.8 Å². The van der Waals surface area contributed by atoms with Crippen molar-refractivity contribution in [2.45, 2.75) is 38.3 Å².